The van der Waals surface area contributed by atoms with E-state index < -0.39 is 12.1 Å². The molecule has 0 saturated heterocycles. The van der Waals surface area contributed by atoms with Crippen LogP contribution in [0, 0.1) is 11.3 Å². The molecule has 0 radical (unpaired) electrons. The van der Waals surface area contributed by atoms with Crippen LogP contribution in [0.2, 0.25) is 10.0 Å². The number of carboxylic acid groups (broad SMARTS) is 1. The van der Waals surface area contributed by atoms with Crippen molar-refractivity contribution in [2.45, 2.75) is 6.18 Å². The van der Waals surface area contributed by atoms with Crippen molar-refractivity contribution in [3.8, 4) is 17.3 Å². The van der Waals surface area contributed by atoms with Crippen LogP contribution in [0.1, 0.15) is 15.4 Å². The van der Waals surface area contributed by atoms with Gasteiger partial charge in [0, 0.05) is 42.8 Å². The summed E-state index contributed by atoms with van der Waals surface area (Å²) in [7, 11) is 3.87. The van der Waals surface area contributed by atoms with Crippen molar-refractivity contribution in [1.29, 1.82) is 5.26 Å². The second-order valence-electron chi connectivity index (χ2n) is 9.02. The van der Waals surface area contributed by atoms with Gasteiger partial charge in [-0.3, -0.25) is 4.79 Å². The molecule has 13 nitrogen and oxygen atoms in total. The van der Waals surface area contributed by atoms with E-state index in [4.69, 9.17) is 49.1 Å². The number of nitrogens with two attached hydrogens (primary N) is 1. The number of fused-ring (bicyclic) bond motifs is 1. The van der Waals surface area contributed by atoms with E-state index in [0.717, 1.165) is 0 Å². The summed E-state index contributed by atoms with van der Waals surface area (Å²) in [6, 6.07) is 8.85. The average Bonchev–Trinajstić information content (AvgIpc) is 3.53. The Morgan fingerprint density at radius 1 is 1.16 bits per heavy atom. The first-order valence-electron chi connectivity index (χ1n) is 12.4. The summed E-state index contributed by atoms with van der Waals surface area (Å²) in [5.74, 6) is -2.32. The van der Waals surface area contributed by atoms with E-state index in [2.05, 4.69) is 26.0 Å². The van der Waals surface area contributed by atoms with Crippen LogP contribution < -0.4 is 21.7 Å². The summed E-state index contributed by atoms with van der Waals surface area (Å²) in [4.78, 5) is 32.8. The SMILES string of the molecule is CN(C)CCNC(=O)c1cc2c(NCCNc3nc(N)c(C#N)s3)nc(-c3ccc(Cl)cc3Cl)cn2n1.O=C(O)C(F)(F)F. The molecule has 19 heteroatoms. The van der Waals surface area contributed by atoms with Gasteiger partial charge >= 0.3 is 12.1 Å². The Labute approximate surface area is 262 Å². The molecule has 0 aliphatic rings. The van der Waals surface area contributed by atoms with Gasteiger partial charge in [0.15, 0.2) is 22.5 Å². The normalized spacial score (nSPS) is 11.1. The molecule has 1 amide bonds. The van der Waals surface area contributed by atoms with Crippen molar-refractivity contribution in [2.24, 2.45) is 0 Å². The summed E-state index contributed by atoms with van der Waals surface area (Å²) < 4.78 is 33.3. The molecule has 0 spiro atoms. The Hall–Kier alpha value is -4.37. The largest absolute Gasteiger partial charge is 0.490 e. The first-order chi connectivity index (χ1) is 20.7. The molecule has 3 aromatic heterocycles. The lowest BCUT2D eigenvalue weighted by atomic mass is 10.1. The van der Waals surface area contributed by atoms with E-state index in [9.17, 15) is 18.0 Å². The maximum Gasteiger partial charge on any atom is 0.490 e. The molecule has 0 aliphatic carbocycles. The van der Waals surface area contributed by atoms with Crippen LogP contribution in [0.25, 0.3) is 16.8 Å². The highest BCUT2D eigenvalue weighted by molar-refractivity contribution is 7.16. The van der Waals surface area contributed by atoms with Gasteiger partial charge in [-0.1, -0.05) is 34.5 Å². The number of nitrogen functional groups attached to an aromatic ring is 1. The van der Waals surface area contributed by atoms with E-state index in [1.807, 2.05) is 25.1 Å². The minimum absolute atomic E-state index is 0.203. The number of hydrogen-bond donors (Lipinski definition) is 5. The number of nitrogens with zero attached hydrogens (tertiary/aromatic N) is 6. The molecule has 0 aliphatic heterocycles. The number of carbonyl (C=O) groups is 2. The number of benzene rings is 1. The lowest BCUT2D eigenvalue weighted by molar-refractivity contribution is -0.192. The number of likely N-dealkylation sites (N-methyl/N-ethyl adjacent to an activating group) is 1. The number of carboxylic acids is 1. The molecule has 234 valence electrons. The van der Waals surface area contributed by atoms with Gasteiger partial charge in [-0.2, -0.15) is 23.5 Å². The van der Waals surface area contributed by atoms with Crippen LogP contribution >= 0.6 is 34.5 Å². The van der Waals surface area contributed by atoms with E-state index >= 15 is 0 Å². The Bertz CT molecular complexity index is 1690. The second-order valence-corrected chi connectivity index (χ2v) is 10.9. The monoisotopic (exact) mass is 672 g/mol. The number of nitrogens with one attached hydrogen (secondary N) is 3. The molecule has 0 fully saturated rings. The van der Waals surface area contributed by atoms with Crippen molar-refractivity contribution >= 4 is 68.7 Å². The predicted octanol–water partition coefficient (Wildman–Crippen LogP) is 4.06. The van der Waals surface area contributed by atoms with Crippen molar-refractivity contribution < 1.29 is 27.9 Å². The summed E-state index contributed by atoms with van der Waals surface area (Å²) in [6.45, 7) is 2.14. The van der Waals surface area contributed by atoms with Gasteiger partial charge < -0.3 is 31.7 Å². The fourth-order valence-corrected chi connectivity index (χ4v) is 4.59. The molecule has 4 rings (SSSR count). The number of aliphatic carboxylic acids is 1. The minimum atomic E-state index is -5.08. The third kappa shape index (κ3) is 9.31. The fourth-order valence-electron chi connectivity index (χ4n) is 3.38. The van der Waals surface area contributed by atoms with Gasteiger partial charge in [0.1, 0.15) is 16.5 Å². The van der Waals surface area contributed by atoms with Crippen LogP contribution in [0.15, 0.2) is 30.5 Å². The molecule has 0 unspecified atom stereocenters. The number of hydrogen-bond acceptors (Lipinski definition) is 11. The number of anilines is 3. The molecule has 4 aromatic rings. The highest BCUT2D eigenvalue weighted by Gasteiger charge is 2.38. The predicted molar refractivity (Wildman–Crippen MR) is 161 cm³/mol. The number of rotatable bonds is 10. The van der Waals surface area contributed by atoms with E-state index in [0.29, 0.717) is 68.8 Å². The molecule has 44 heavy (non-hydrogen) atoms. The number of carbonyl (C=O) groups excluding carboxylic acids is 1. The molecule has 1 aromatic carbocycles. The summed E-state index contributed by atoms with van der Waals surface area (Å²) >= 11 is 13.7. The number of thiazole rings is 1. The smallest absolute Gasteiger partial charge is 0.475 e. The topological polar surface area (TPSA) is 187 Å². The van der Waals surface area contributed by atoms with Gasteiger partial charge in [-0.05, 0) is 32.3 Å². The van der Waals surface area contributed by atoms with E-state index in [1.165, 1.54) is 11.3 Å². The molecule has 3 heterocycles. The molecular weight excluding hydrogens is 648 g/mol. The van der Waals surface area contributed by atoms with Crippen LogP contribution in [0.4, 0.5) is 29.9 Å². The van der Waals surface area contributed by atoms with Gasteiger partial charge in [0.2, 0.25) is 0 Å². The standard InChI is InChI=1S/C23H24Cl2N10OS.C2HF3O2/c1-34(2)8-7-29-22(36)16-10-18-21(28-5-6-30-23-32-20(27)19(11-26)37-23)31-17(12-35(18)33-16)14-4-3-13(24)9-15(14)25;3-2(4,5)1(6)7/h3-4,9-10,12H,5-8,27H2,1-2H3,(H,28,31)(H,29,36)(H,30,32);(H,6,7). The Morgan fingerprint density at radius 3 is 2.43 bits per heavy atom. The van der Waals surface area contributed by atoms with Crippen molar-refractivity contribution in [3.05, 3.63) is 51.1 Å². The fraction of sp³-hybridized carbons (Fsp3) is 0.280. The summed E-state index contributed by atoms with van der Waals surface area (Å²) in [6.07, 6.45) is -3.37. The zero-order valence-electron chi connectivity index (χ0n) is 23.0. The van der Waals surface area contributed by atoms with Crippen LogP contribution in [-0.2, 0) is 4.79 Å². The number of amides is 1. The number of aromatic nitrogens is 4. The number of nitriles is 1. The third-order valence-electron chi connectivity index (χ3n) is 5.43. The zero-order chi connectivity index (χ0) is 32.6. The Kier molecular flexibility index (Phi) is 11.5. The molecule has 0 atom stereocenters. The quantitative estimate of drug-likeness (QED) is 0.153. The zero-order valence-corrected chi connectivity index (χ0v) is 25.4. The number of halogens is 5. The van der Waals surface area contributed by atoms with Crippen LogP contribution in [0.5, 0.6) is 0 Å². The van der Waals surface area contributed by atoms with Crippen LogP contribution in [-0.4, -0.2) is 87.9 Å². The second kappa shape index (κ2) is 14.9. The number of alkyl halides is 3. The van der Waals surface area contributed by atoms with E-state index in [1.54, 1.807) is 35.0 Å². The van der Waals surface area contributed by atoms with Gasteiger partial charge in [-0.25, -0.2) is 19.3 Å². The van der Waals surface area contributed by atoms with Gasteiger partial charge in [0.05, 0.1) is 16.9 Å². The average molecular weight is 674 g/mol. The molecule has 0 saturated carbocycles. The van der Waals surface area contributed by atoms with E-state index in [-0.39, 0.29) is 17.4 Å². The maximum atomic E-state index is 12.7. The first-order valence-corrected chi connectivity index (χ1v) is 14.0. The molecule has 6 N–H and O–H groups in total. The first kappa shape index (κ1) is 34.1. The maximum absolute atomic E-state index is 12.7. The van der Waals surface area contributed by atoms with Gasteiger partial charge in [0.25, 0.3) is 5.91 Å². The van der Waals surface area contributed by atoms with Crippen LogP contribution in [0.3, 0.4) is 0 Å². The highest BCUT2D eigenvalue weighted by Crippen LogP contribution is 2.31. The summed E-state index contributed by atoms with van der Waals surface area (Å²) in [5, 5.41) is 31.5. The minimum Gasteiger partial charge on any atom is -0.475 e. The lowest BCUT2D eigenvalue weighted by Gasteiger charge is -2.11. The lowest BCUT2D eigenvalue weighted by Crippen LogP contribution is -2.31. The van der Waals surface area contributed by atoms with Gasteiger partial charge in [-0.15, -0.1) is 0 Å². The third-order valence-corrected chi connectivity index (χ3v) is 6.91. The van der Waals surface area contributed by atoms with Crippen molar-refractivity contribution in [3.63, 3.8) is 0 Å². The highest BCUT2D eigenvalue weighted by atomic mass is 35.5. The Morgan fingerprint density at radius 2 is 1.84 bits per heavy atom. The molecule has 0 bridgehead atoms. The Balaban J connectivity index is 0.000000676. The van der Waals surface area contributed by atoms with Crippen molar-refractivity contribution in [2.75, 3.05) is 56.6 Å². The summed E-state index contributed by atoms with van der Waals surface area (Å²) in [5.41, 5.74) is 7.84. The molecular formula is C25H25Cl2F3N10O3S. The van der Waals surface area contributed by atoms with Crippen molar-refractivity contribution in [1.82, 2.24) is 29.8 Å².